The lowest BCUT2D eigenvalue weighted by molar-refractivity contribution is 0.266. The Hall–Kier alpha value is -0.920. The number of halogens is 1. The molecule has 1 aromatic heterocycles. The van der Waals surface area contributed by atoms with E-state index in [-0.39, 0.29) is 6.61 Å². The molecule has 5 N–H and O–H groups in total. The van der Waals surface area contributed by atoms with E-state index in [4.69, 9.17) is 10.9 Å². The lowest BCUT2D eigenvalue weighted by Crippen LogP contribution is -2.16. The second kappa shape index (κ2) is 6.62. The molecule has 0 aromatic carbocycles. The quantitative estimate of drug-likeness (QED) is 0.460. The zero-order valence-electron chi connectivity index (χ0n) is 9.07. The number of aliphatic hydroxyl groups excluding tert-OH is 1. The Morgan fingerprint density at radius 2 is 2.38 bits per heavy atom. The molecule has 0 radical (unpaired) electrons. The molecule has 0 fully saturated rings. The highest BCUT2D eigenvalue weighted by atomic mass is 79.9. The van der Waals surface area contributed by atoms with Crippen LogP contribution in [0.4, 0.5) is 11.8 Å². The molecule has 0 saturated heterocycles. The van der Waals surface area contributed by atoms with E-state index in [1.165, 1.54) is 0 Å². The van der Waals surface area contributed by atoms with Crippen LogP contribution in [0.1, 0.15) is 13.3 Å². The van der Waals surface area contributed by atoms with Crippen molar-refractivity contribution < 1.29 is 5.11 Å². The van der Waals surface area contributed by atoms with Crippen LogP contribution in [0.3, 0.4) is 0 Å². The van der Waals surface area contributed by atoms with Crippen molar-refractivity contribution in [3.63, 3.8) is 0 Å². The molecule has 0 aliphatic carbocycles. The van der Waals surface area contributed by atoms with Gasteiger partial charge in [0.05, 0.1) is 4.47 Å². The first kappa shape index (κ1) is 13.1. The topological polar surface area (TPSA) is 96.1 Å². The van der Waals surface area contributed by atoms with Gasteiger partial charge in [-0.3, -0.25) is 5.43 Å². The van der Waals surface area contributed by atoms with Crippen LogP contribution < -0.4 is 16.6 Å². The van der Waals surface area contributed by atoms with Crippen LogP contribution in [0.2, 0.25) is 0 Å². The Morgan fingerprint density at radius 3 is 3.00 bits per heavy atom. The summed E-state index contributed by atoms with van der Waals surface area (Å²) in [5, 5.41) is 11.9. The van der Waals surface area contributed by atoms with Crippen molar-refractivity contribution in [1.82, 2.24) is 9.97 Å². The van der Waals surface area contributed by atoms with E-state index in [0.717, 1.165) is 17.4 Å². The van der Waals surface area contributed by atoms with Gasteiger partial charge in [0.15, 0.2) is 0 Å². The molecule has 1 rings (SSSR count). The van der Waals surface area contributed by atoms with E-state index in [0.29, 0.717) is 17.7 Å². The number of hydrogen-bond donors (Lipinski definition) is 4. The van der Waals surface area contributed by atoms with Gasteiger partial charge in [-0.1, -0.05) is 6.92 Å². The van der Waals surface area contributed by atoms with Crippen LogP contribution in [0.5, 0.6) is 0 Å². The Kier molecular flexibility index (Phi) is 5.44. The fraction of sp³-hybridized carbons (Fsp3) is 0.556. The first-order valence-corrected chi connectivity index (χ1v) is 5.80. The number of nitrogen functional groups attached to an aromatic ring is 1. The Morgan fingerprint density at radius 1 is 1.62 bits per heavy atom. The number of anilines is 2. The standard InChI is InChI=1S/C9H16BrN5O/c1-6(2-3-16)4-12-8-7(10)5-13-9(14-8)15-11/h5-6,16H,2-4,11H2,1H3,(H2,12,13,14,15). The summed E-state index contributed by atoms with van der Waals surface area (Å²) in [5.74, 6) is 6.65. The monoisotopic (exact) mass is 289 g/mol. The maximum atomic E-state index is 8.78. The molecule has 90 valence electrons. The first-order valence-electron chi connectivity index (χ1n) is 5.01. The molecule has 1 aromatic rings. The minimum atomic E-state index is 0.198. The third-order valence-electron chi connectivity index (χ3n) is 2.11. The number of hydrazine groups is 1. The van der Waals surface area contributed by atoms with Crippen molar-refractivity contribution in [2.75, 3.05) is 23.9 Å². The van der Waals surface area contributed by atoms with E-state index < -0.39 is 0 Å². The number of hydrogen-bond acceptors (Lipinski definition) is 6. The SMILES string of the molecule is CC(CCO)CNc1nc(NN)ncc1Br. The van der Waals surface area contributed by atoms with Gasteiger partial charge in [-0.25, -0.2) is 10.8 Å². The molecule has 0 aliphatic rings. The summed E-state index contributed by atoms with van der Waals surface area (Å²) in [7, 11) is 0. The molecule has 1 atom stereocenters. The molecule has 7 heteroatoms. The van der Waals surface area contributed by atoms with Gasteiger partial charge in [-0.05, 0) is 28.3 Å². The number of aromatic nitrogens is 2. The largest absolute Gasteiger partial charge is 0.396 e. The number of rotatable bonds is 6. The van der Waals surface area contributed by atoms with Crippen molar-refractivity contribution >= 4 is 27.7 Å². The minimum Gasteiger partial charge on any atom is -0.396 e. The molecule has 6 nitrogen and oxygen atoms in total. The smallest absolute Gasteiger partial charge is 0.239 e. The van der Waals surface area contributed by atoms with Gasteiger partial charge in [0.1, 0.15) is 5.82 Å². The third kappa shape index (κ3) is 3.92. The van der Waals surface area contributed by atoms with Crippen LogP contribution in [-0.2, 0) is 0 Å². The summed E-state index contributed by atoms with van der Waals surface area (Å²) in [6, 6.07) is 0. The molecular formula is C9H16BrN5O. The number of nitrogens with zero attached hydrogens (tertiary/aromatic N) is 2. The zero-order valence-corrected chi connectivity index (χ0v) is 10.7. The second-order valence-electron chi connectivity index (χ2n) is 3.53. The van der Waals surface area contributed by atoms with Crippen LogP contribution in [0.15, 0.2) is 10.7 Å². The summed E-state index contributed by atoms with van der Waals surface area (Å²) >= 11 is 3.34. The van der Waals surface area contributed by atoms with Crippen LogP contribution in [0.25, 0.3) is 0 Å². The van der Waals surface area contributed by atoms with E-state index in [1.807, 2.05) is 0 Å². The van der Waals surface area contributed by atoms with Gasteiger partial charge in [-0.2, -0.15) is 4.98 Å². The summed E-state index contributed by atoms with van der Waals surface area (Å²) < 4.78 is 0.780. The predicted molar refractivity (Wildman–Crippen MR) is 66.9 cm³/mol. The fourth-order valence-corrected chi connectivity index (χ4v) is 1.49. The van der Waals surface area contributed by atoms with Crippen molar-refractivity contribution in [2.24, 2.45) is 11.8 Å². The Bertz CT molecular complexity index is 336. The van der Waals surface area contributed by atoms with Crippen molar-refractivity contribution in [2.45, 2.75) is 13.3 Å². The highest BCUT2D eigenvalue weighted by Gasteiger charge is 2.06. The van der Waals surface area contributed by atoms with Gasteiger partial charge in [0, 0.05) is 19.3 Å². The molecule has 0 amide bonds. The molecule has 0 aliphatic heterocycles. The summed E-state index contributed by atoms with van der Waals surface area (Å²) in [6.45, 7) is 2.99. The maximum Gasteiger partial charge on any atom is 0.239 e. The van der Waals surface area contributed by atoms with Gasteiger partial charge in [-0.15, -0.1) is 0 Å². The van der Waals surface area contributed by atoms with E-state index >= 15 is 0 Å². The molecular weight excluding hydrogens is 274 g/mol. The maximum absolute atomic E-state index is 8.78. The predicted octanol–water partition coefficient (Wildman–Crippen LogP) is 0.955. The molecule has 0 saturated carbocycles. The van der Waals surface area contributed by atoms with Gasteiger partial charge >= 0.3 is 0 Å². The molecule has 0 spiro atoms. The zero-order chi connectivity index (χ0) is 12.0. The van der Waals surface area contributed by atoms with E-state index in [9.17, 15) is 0 Å². The first-order chi connectivity index (χ1) is 7.67. The lowest BCUT2D eigenvalue weighted by Gasteiger charge is -2.13. The average molecular weight is 290 g/mol. The number of nitrogens with one attached hydrogen (secondary N) is 2. The number of aliphatic hydroxyl groups is 1. The Labute approximate surface area is 103 Å². The summed E-state index contributed by atoms with van der Waals surface area (Å²) in [6.07, 6.45) is 2.39. The van der Waals surface area contributed by atoms with Crippen molar-refractivity contribution in [3.05, 3.63) is 10.7 Å². The average Bonchev–Trinajstić information content (AvgIpc) is 2.28. The van der Waals surface area contributed by atoms with Gasteiger partial charge < -0.3 is 10.4 Å². The van der Waals surface area contributed by atoms with Crippen LogP contribution >= 0.6 is 15.9 Å². The van der Waals surface area contributed by atoms with Gasteiger partial charge in [0.25, 0.3) is 0 Å². The van der Waals surface area contributed by atoms with E-state index in [1.54, 1.807) is 6.20 Å². The Balaban J connectivity index is 2.58. The molecule has 0 bridgehead atoms. The fourth-order valence-electron chi connectivity index (χ4n) is 1.15. The van der Waals surface area contributed by atoms with Crippen LogP contribution in [-0.4, -0.2) is 28.2 Å². The second-order valence-corrected chi connectivity index (χ2v) is 4.39. The summed E-state index contributed by atoms with van der Waals surface area (Å²) in [5.41, 5.74) is 2.38. The summed E-state index contributed by atoms with van der Waals surface area (Å²) in [4.78, 5) is 8.10. The van der Waals surface area contributed by atoms with Crippen molar-refractivity contribution in [3.8, 4) is 0 Å². The normalized spacial score (nSPS) is 12.2. The van der Waals surface area contributed by atoms with Gasteiger partial charge in [0.2, 0.25) is 5.95 Å². The molecule has 1 heterocycles. The molecule has 16 heavy (non-hydrogen) atoms. The highest BCUT2D eigenvalue weighted by Crippen LogP contribution is 2.20. The highest BCUT2D eigenvalue weighted by molar-refractivity contribution is 9.10. The van der Waals surface area contributed by atoms with E-state index in [2.05, 4.69) is 43.6 Å². The van der Waals surface area contributed by atoms with Crippen molar-refractivity contribution in [1.29, 1.82) is 0 Å². The minimum absolute atomic E-state index is 0.198. The van der Waals surface area contributed by atoms with Crippen LogP contribution in [0, 0.1) is 5.92 Å². The lowest BCUT2D eigenvalue weighted by atomic mass is 10.1. The molecule has 1 unspecified atom stereocenters. The third-order valence-corrected chi connectivity index (χ3v) is 2.69. The number of nitrogens with two attached hydrogens (primary N) is 1.